The number of aryl methyl sites for hydroxylation is 2. The number of hydrogen-bond donors (Lipinski definition) is 2. The highest BCUT2D eigenvalue weighted by Crippen LogP contribution is 2.25. The quantitative estimate of drug-likeness (QED) is 0.641. The van der Waals surface area contributed by atoms with Gasteiger partial charge in [-0.05, 0) is 68.8 Å². The Hall–Kier alpha value is -3.12. The summed E-state index contributed by atoms with van der Waals surface area (Å²) in [5.41, 5.74) is 2.87. The molecule has 0 aliphatic carbocycles. The van der Waals surface area contributed by atoms with Crippen molar-refractivity contribution < 1.29 is 14.1 Å². The van der Waals surface area contributed by atoms with Gasteiger partial charge in [0.15, 0.2) is 0 Å². The second-order valence-electron chi connectivity index (χ2n) is 7.89. The highest BCUT2D eigenvalue weighted by atomic mass is 16.3. The van der Waals surface area contributed by atoms with Gasteiger partial charge in [-0.1, -0.05) is 0 Å². The van der Waals surface area contributed by atoms with E-state index in [1.54, 1.807) is 11.0 Å². The lowest BCUT2D eigenvalue weighted by Gasteiger charge is -2.32. The standard InChI is InChI=1S/C24H28N4O2/c1-4-27-11-13-28(14-12-27)23-15-17(2)21-16-19(6-9-22(21)26-23)25-24(29)10-8-20-7-5-18(3)30-20/h5-10,15-16H,4,11-14H2,1-3H3,(H,25,29)/p+1. The van der Waals surface area contributed by atoms with E-state index in [0.717, 1.165) is 59.9 Å². The fourth-order valence-electron chi connectivity index (χ4n) is 3.91. The van der Waals surface area contributed by atoms with Gasteiger partial charge < -0.3 is 19.5 Å². The largest absolute Gasteiger partial charge is 0.462 e. The van der Waals surface area contributed by atoms with Crippen molar-refractivity contribution in [3.8, 4) is 0 Å². The van der Waals surface area contributed by atoms with E-state index in [1.165, 1.54) is 12.6 Å². The number of nitrogens with one attached hydrogen (secondary N) is 2. The van der Waals surface area contributed by atoms with Crippen LogP contribution in [0.4, 0.5) is 11.5 Å². The van der Waals surface area contributed by atoms with Gasteiger partial charge in [0.05, 0.1) is 38.2 Å². The van der Waals surface area contributed by atoms with Crippen LogP contribution in [0, 0.1) is 13.8 Å². The minimum atomic E-state index is -0.193. The lowest BCUT2D eigenvalue weighted by molar-refractivity contribution is -0.898. The summed E-state index contributed by atoms with van der Waals surface area (Å²) in [5, 5.41) is 3.97. The van der Waals surface area contributed by atoms with E-state index < -0.39 is 0 Å². The van der Waals surface area contributed by atoms with Crippen LogP contribution in [0.2, 0.25) is 0 Å². The van der Waals surface area contributed by atoms with Crippen LogP contribution < -0.4 is 15.1 Å². The van der Waals surface area contributed by atoms with Crippen LogP contribution in [0.1, 0.15) is 24.0 Å². The molecule has 1 aliphatic rings. The summed E-state index contributed by atoms with van der Waals surface area (Å²) in [6, 6.07) is 11.7. The number of fused-ring (bicyclic) bond motifs is 1. The molecule has 0 radical (unpaired) electrons. The van der Waals surface area contributed by atoms with Gasteiger partial charge in [0.1, 0.15) is 17.3 Å². The number of benzene rings is 1. The van der Waals surface area contributed by atoms with Crippen molar-refractivity contribution in [2.75, 3.05) is 42.9 Å². The molecular formula is C24H29N4O2+. The summed E-state index contributed by atoms with van der Waals surface area (Å²) < 4.78 is 5.45. The molecule has 0 saturated carbocycles. The zero-order valence-corrected chi connectivity index (χ0v) is 17.9. The molecule has 0 bridgehead atoms. The van der Waals surface area contributed by atoms with Gasteiger partial charge in [0.25, 0.3) is 0 Å². The fraction of sp³-hybridized carbons (Fsp3) is 0.333. The van der Waals surface area contributed by atoms with Crippen LogP contribution in [0.15, 0.2) is 46.9 Å². The van der Waals surface area contributed by atoms with Gasteiger partial charge in [0.2, 0.25) is 5.91 Å². The van der Waals surface area contributed by atoms with Gasteiger partial charge in [-0.15, -0.1) is 0 Å². The number of aromatic nitrogens is 1. The van der Waals surface area contributed by atoms with E-state index in [-0.39, 0.29) is 5.91 Å². The first-order valence-electron chi connectivity index (χ1n) is 10.6. The summed E-state index contributed by atoms with van der Waals surface area (Å²) in [5.74, 6) is 2.33. The first-order valence-corrected chi connectivity index (χ1v) is 10.6. The van der Waals surface area contributed by atoms with Crippen molar-refractivity contribution in [2.24, 2.45) is 0 Å². The summed E-state index contributed by atoms with van der Waals surface area (Å²) in [6.45, 7) is 11.8. The number of pyridine rings is 1. The van der Waals surface area contributed by atoms with Gasteiger partial charge >= 0.3 is 0 Å². The SMILES string of the molecule is CC[NH+]1CCN(c2cc(C)c3cc(NC(=O)C=Cc4ccc(C)o4)ccc3n2)CC1. The Balaban J connectivity index is 1.48. The fourth-order valence-corrected chi connectivity index (χ4v) is 3.91. The molecule has 3 aromatic rings. The van der Waals surface area contributed by atoms with Crippen LogP contribution in [-0.2, 0) is 4.79 Å². The van der Waals surface area contributed by atoms with Gasteiger partial charge in [0, 0.05) is 17.1 Å². The van der Waals surface area contributed by atoms with E-state index in [1.807, 2.05) is 37.3 Å². The molecule has 0 unspecified atom stereocenters. The molecule has 0 atom stereocenters. The predicted molar refractivity (Wildman–Crippen MR) is 121 cm³/mol. The molecule has 6 heteroatoms. The summed E-state index contributed by atoms with van der Waals surface area (Å²) in [4.78, 5) is 21.2. The third-order valence-electron chi connectivity index (χ3n) is 5.72. The van der Waals surface area contributed by atoms with Crippen molar-refractivity contribution in [3.63, 3.8) is 0 Å². The summed E-state index contributed by atoms with van der Waals surface area (Å²) in [7, 11) is 0. The maximum atomic E-state index is 12.3. The predicted octanol–water partition coefficient (Wildman–Crippen LogP) is 2.82. The zero-order valence-electron chi connectivity index (χ0n) is 17.9. The molecule has 0 spiro atoms. The van der Waals surface area contributed by atoms with Crippen LogP contribution in [-0.4, -0.2) is 43.6 Å². The number of nitrogens with zero attached hydrogens (tertiary/aromatic N) is 2. The van der Waals surface area contributed by atoms with Gasteiger partial charge in [-0.3, -0.25) is 4.79 Å². The maximum absolute atomic E-state index is 12.3. The Morgan fingerprint density at radius 2 is 2.00 bits per heavy atom. The normalized spacial score (nSPS) is 15.2. The molecule has 1 saturated heterocycles. The number of rotatable bonds is 5. The number of hydrogen-bond acceptors (Lipinski definition) is 4. The topological polar surface area (TPSA) is 62.8 Å². The number of carbonyl (C=O) groups is 1. The third-order valence-corrected chi connectivity index (χ3v) is 5.72. The first-order chi connectivity index (χ1) is 14.5. The average Bonchev–Trinajstić information content (AvgIpc) is 3.18. The Labute approximate surface area is 177 Å². The van der Waals surface area contributed by atoms with Crippen molar-refractivity contribution >= 4 is 34.4 Å². The molecular weight excluding hydrogens is 376 g/mol. The number of quaternary nitrogens is 1. The summed E-state index contributed by atoms with van der Waals surface area (Å²) >= 11 is 0. The number of furan rings is 1. The van der Waals surface area contributed by atoms with E-state index in [9.17, 15) is 4.79 Å². The Morgan fingerprint density at radius 3 is 2.70 bits per heavy atom. The van der Waals surface area contributed by atoms with Crippen LogP contribution in [0.3, 0.4) is 0 Å². The lowest BCUT2D eigenvalue weighted by atomic mass is 10.1. The smallest absolute Gasteiger partial charge is 0.248 e. The van der Waals surface area contributed by atoms with Crippen molar-refractivity contribution in [1.29, 1.82) is 0 Å². The van der Waals surface area contributed by atoms with Crippen LogP contribution >= 0.6 is 0 Å². The highest BCUT2D eigenvalue weighted by molar-refractivity contribution is 6.03. The zero-order chi connectivity index (χ0) is 21.1. The minimum Gasteiger partial charge on any atom is -0.462 e. The monoisotopic (exact) mass is 405 g/mol. The molecule has 1 aromatic carbocycles. The van der Waals surface area contributed by atoms with Crippen molar-refractivity contribution in [2.45, 2.75) is 20.8 Å². The molecule has 1 fully saturated rings. The van der Waals surface area contributed by atoms with E-state index >= 15 is 0 Å². The summed E-state index contributed by atoms with van der Waals surface area (Å²) in [6.07, 6.45) is 3.15. The third kappa shape index (κ3) is 4.54. The number of anilines is 2. The Bertz CT molecular complexity index is 1080. The van der Waals surface area contributed by atoms with Crippen molar-refractivity contribution in [3.05, 3.63) is 59.6 Å². The van der Waals surface area contributed by atoms with Gasteiger partial charge in [-0.2, -0.15) is 0 Å². The number of amides is 1. The number of carbonyl (C=O) groups excluding carboxylic acids is 1. The molecule has 2 aromatic heterocycles. The molecule has 156 valence electrons. The van der Waals surface area contributed by atoms with Crippen molar-refractivity contribution in [1.82, 2.24) is 4.98 Å². The second-order valence-corrected chi connectivity index (χ2v) is 7.89. The average molecular weight is 406 g/mol. The molecule has 3 heterocycles. The minimum absolute atomic E-state index is 0.193. The number of piperazine rings is 1. The van der Waals surface area contributed by atoms with Gasteiger partial charge in [-0.25, -0.2) is 4.98 Å². The molecule has 6 nitrogen and oxygen atoms in total. The first kappa shape index (κ1) is 20.2. The Morgan fingerprint density at radius 1 is 1.20 bits per heavy atom. The molecule has 1 aliphatic heterocycles. The van der Waals surface area contributed by atoms with Crippen LogP contribution in [0.25, 0.3) is 17.0 Å². The van der Waals surface area contributed by atoms with E-state index in [4.69, 9.17) is 9.40 Å². The molecule has 2 N–H and O–H groups in total. The van der Waals surface area contributed by atoms with E-state index in [0.29, 0.717) is 5.76 Å². The Kier molecular flexibility index (Phi) is 5.86. The number of likely N-dealkylation sites (N-methyl/N-ethyl adjacent to an activating group) is 1. The molecule has 4 rings (SSSR count). The van der Waals surface area contributed by atoms with Crippen LogP contribution in [0.5, 0.6) is 0 Å². The molecule has 1 amide bonds. The molecule has 30 heavy (non-hydrogen) atoms. The van der Waals surface area contributed by atoms with E-state index in [2.05, 4.69) is 30.1 Å². The lowest BCUT2D eigenvalue weighted by Crippen LogP contribution is -3.14. The highest BCUT2D eigenvalue weighted by Gasteiger charge is 2.20. The second kappa shape index (κ2) is 8.71. The maximum Gasteiger partial charge on any atom is 0.248 e.